The van der Waals surface area contributed by atoms with Crippen molar-refractivity contribution in [3.05, 3.63) is 46.7 Å². The van der Waals surface area contributed by atoms with E-state index in [1.54, 1.807) is 23.1 Å². The molecular weight excluding hydrogens is 254 g/mol. The van der Waals surface area contributed by atoms with Crippen molar-refractivity contribution in [1.29, 1.82) is 0 Å². The van der Waals surface area contributed by atoms with Gasteiger partial charge in [0.05, 0.1) is 6.20 Å². The molecule has 0 radical (unpaired) electrons. The molecule has 6 heteroatoms. The van der Waals surface area contributed by atoms with E-state index >= 15 is 0 Å². The van der Waals surface area contributed by atoms with E-state index in [2.05, 4.69) is 10.3 Å². The first kappa shape index (κ1) is 12.4. The van der Waals surface area contributed by atoms with Crippen LogP contribution in [0, 0.1) is 0 Å². The molecule has 94 valence electrons. The second-order valence-electron chi connectivity index (χ2n) is 3.69. The van der Waals surface area contributed by atoms with Gasteiger partial charge in [0.25, 0.3) is 0 Å². The lowest BCUT2D eigenvalue weighted by Gasteiger charge is -2.05. The van der Waals surface area contributed by atoms with Gasteiger partial charge in [0.1, 0.15) is 11.5 Å². The number of hydrogen-bond donors (Lipinski definition) is 2. The first-order valence-electron chi connectivity index (χ1n) is 5.39. The molecule has 0 amide bonds. The van der Waals surface area contributed by atoms with E-state index in [0.717, 1.165) is 0 Å². The predicted octanol–water partition coefficient (Wildman–Crippen LogP) is 2.49. The largest absolute Gasteiger partial charge is 0.507 e. The van der Waals surface area contributed by atoms with Crippen molar-refractivity contribution in [3.63, 3.8) is 0 Å². The van der Waals surface area contributed by atoms with Crippen molar-refractivity contribution in [1.82, 2.24) is 9.78 Å². The third kappa shape index (κ3) is 2.31. The predicted molar refractivity (Wildman–Crippen MR) is 68.4 cm³/mol. The number of aryl methyl sites for hydroxylation is 1. The first-order chi connectivity index (χ1) is 8.65. The Kier molecular flexibility index (Phi) is 3.53. The molecule has 5 nitrogen and oxygen atoms in total. The summed E-state index contributed by atoms with van der Waals surface area (Å²) in [7, 11) is 0. The summed E-state index contributed by atoms with van der Waals surface area (Å²) < 4.78 is 1.70. The van der Waals surface area contributed by atoms with Crippen LogP contribution in [0.1, 0.15) is 18.1 Å². The van der Waals surface area contributed by atoms with Crippen LogP contribution in [0.2, 0.25) is 5.02 Å². The minimum atomic E-state index is -0.00329. The molecule has 1 heterocycles. The number of benzene rings is 1. The number of nitrogens with zero attached hydrogens (tertiary/aromatic N) is 3. The number of phenols is 1. The van der Waals surface area contributed by atoms with Crippen LogP contribution in [-0.2, 0) is 6.54 Å². The van der Waals surface area contributed by atoms with E-state index in [1.807, 2.05) is 6.92 Å². The van der Waals surface area contributed by atoms with Crippen LogP contribution in [0.3, 0.4) is 0 Å². The topological polar surface area (TPSA) is 70.6 Å². The molecule has 0 unspecified atom stereocenters. The highest BCUT2D eigenvalue weighted by Gasteiger charge is 2.14. The maximum Gasteiger partial charge on any atom is 0.125 e. The van der Waals surface area contributed by atoms with Crippen molar-refractivity contribution < 1.29 is 10.3 Å². The average Bonchev–Trinajstić information content (AvgIpc) is 2.83. The van der Waals surface area contributed by atoms with Crippen LogP contribution in [0.5, 0.6) is 5.75 Å². The fraction of sp³-hybridized carbons (Fsp3) is 0.167. The van der Waals surface area contributed by atoms with Gasteiger partial charge in [0.2, 0.25) is 0 Å². The zero-order valence-electron chi connectivity index (χ0n) is 9.71. The molecule has 2 aromatic rings. The van der Waals surface area contributed by atoms with Crippen molar-refractivity contribution >= 4 is 17.3 Å². The molecule has 18 heavy (non-hydrogen) atoms. The van der Waals surface area contributed by atoms with Gasteiger partial charge >= 0.3 is 0 Å². The molecule has 1 aromatic carbocycles. The first-order valence-corrected chi connectivity index (χ1v) is 5.77. The van der Waals surface area contributed by atoms with E-state index in [0.29, 0.717) is 22.7 Å². The van der Waals surface area contributed by atoms with Gasteiger partial charge < -0.3 is 10.3 Å². The molecule has 0 aliphatic rings. The lowest BCUT2D eigenvalue weighted by molar-refractivity contribution is 0.319. The Morgan fingerprint density at radius 1 is 1.50 bits per heavy atom. The molecule has 0 saturated heterocycles. The van der Waals surface area contributed by atoms with Gasteiger partial charge in [-0.05, 0) is 25.1 Å². The smallest absolute Gasteiger partial charge is 0.125 e. The monoisotopic (exact) mass is 265 g/mol. The van der Waals surface area contributed by atoms with Crippen LogP contribution in [0.25, 0.3) is 0 Å². The Bertz CT molecular complexity index is 593. The molecule has 0 saturated carbocycles. The number of aromatic hydroxyl groups is 1. The highest BCUT2D eigenvalue weighted by atomic mass is 35.5. The zero-order valence-corrected chi connectivity index (χ0v) is 10.5. The number of hydrogen-bond acceptors (Lipinski definition) is 4. The standard InChI is InChI=1S/C12H12ClN3O2/c1-2-16-7-8(6-14-16)12(15-18)10-5-9(13)3-4-11(10)17/h3-7,17-18H,2H2,1H3. The Morgan fingerprint density at radius 3 is 2.89 bits per heavy atom. The molecule has 0 aliphatic heterocycles. The SMILES string of the molecule is CCn1cc(C(=NO)c2cc(Cl)ccc2O)cn1. The number of oxime groups is 1. The number of aromatic nitrogens is 2. The van der Waals surface area contributed by atoms with Crippen molar-refractivity contribution in [2.24, 2.45) is 5.16 Å². The summed E-state index contributed by atoms with van der Waals surface area (Å²) in [5.74, 6) is -0.00329. The van der Waals surface area contributed by atoms with Gasteiger partial charge in [-0.3, -0.25) is 4.68 Å². The Labute approximate surface area is 109 Å². The minimum Gasteiger partial charge on any atom is -0.507 e. The molecule has 0 bridgehead atoms. The second-order valence-corrected chi connectivity index (χ2v) is 4.13. The van der Waals surface area contributed by atoms with Gasteiger partial charge in [-0.25, -0.2) is 0 Å². The normalized spacial score (nSPS) is 11.8. The van der Waals surface area contributed by atoms with Crippen molar-refractivity contribution in [3.8, 4) is 5.75 Å². The summed E-state index contributed by atoms with van der Waals surface area (Å²) >= 11 is 5.87. The zero-order chi connectivity index (χ0) is 13.1. The van der Waals surface area contributed by atoms with Gasteiger partial charge in [-0.1, -0.05) is 16.8 Å². The fourth-order valence-corrected chi connectivity index (χ4v) is 1.80. The van der Waals surface area contributed by atoms with Crippen LogP contribution >= 0.6 is 11.6 Å². The molecule has 0 aliphatic carbocycles. The van der Waals surface area contributed by atoms with Gasteiger partial charge in [0, 0.05) is 28.9 Å². The van der Waals surface area contributed by atoms with Crippen molar-refractivity contribution in [2.45, 2.75) is 13.5 Å². The molecule has 1 aromatic heterocycles. The third-order valence-electron chi connectivity index (χ3n) is 2.54. The van der Waals surface area contributed by atoms with E-state index in [-0.39, 0.29) is 11.5 Å². The number of phenolic OH excluding ortho intramolecular Hbond substituents is 1. The number of rotatable bonds is 3. The third-order valence-corrected chi connectivity index (χ3v) is 2.78. The van der Waals surface area contributed by atoms with Crippen molar-refractivity contribution in [2.75, 3.05) is 0 Å². The summed E-state index contributed by atoms with van der Waals surface area (Å²) in [4.78, 5) is 0. The summed E-state index contributed by atoms with van der Waals surface area (Å²) in [5, 5.41) is 26.7. The fourth-order valence-electron chi connectivity index (χ4n) is 1.62. The molecule has 0 spiro atoms. The van der Waals surface area contributed by atoms with Gasteiger partial charge in [-0.15, -0.1) is 0 Å². The number of halogens is 1. The average molecular weight is 266 g/mol. The minimum absolute atomic E-state index is 0.00329. The molecular formula is C12H12ClN3O2. The summed E-state index contributed by atoms with van der Waals surface area (Å²) in [6.45, 7) is 2.66. The van der Waals surface area contributed by atoms with Crippen LogP contribution < -0.4 is 0 Å². The Morgan fingerprint density at radius 2 is 2.28 bits per heavy atom. The van der Waals surface area contributed by atoms with E-state index in [4.69, 9.17) is 16.8 Å². The van der Waals surface area contributed by atoms with Crippen LogP contribution in [0.4, 0.5) is 0 Å². The quantitative estimate of drug-likeness (QED) is 0.509. The highest BCUT2D eigenvalue weighted by Crippen LogP contribution is 2.24. The van der Waals surface area contributed by atoms with Crippen LogP contribution in [-0.4, -0.2) is 25.8 Å². The summed E-state index contributed by atoms with van der Waals surface area (Å²) in [6.07, 6.45) is 3.30. The second kappa shape index (κ2) is 5.10. The highest BCUT2D eigenvalue weighted by molar-refractivity contribution is 6.31. The van der Waals surface area contributed by atoms with Gasteiger partial charge in [0.15, 0.2) is 0 Å². The molecule has 0 fully saturated rings. The Balaban J connectivity index is 2.49. The summed E-state index contributed by atoms with van der Waals surface area (Å²) in [6, 6.07) is 4.55. The van der Waals surface area contributed by atoms with Crippen LogP contribution in [0.15, 0.2) is 35.7 Å². The maximum atomic E-state index is 9.78. The molecule has 2 rings (SSSR count). The van der Waals surface area contributed by atoms with E-state index in [9.17, 15) is 5.11 Å². The molecule has 0 atom stereocenters. The summed E-state index contributed by atoms with van der Waals surface area (Å²) in [5.41, 5.74) is 1.20. The van der Waals surface area contributed by atoms with E-state index < -0.39 is 0 Å². The maximum absolute atomic E-state index is 9.78. The Hall–Kier alpha value is -2.01. The lowest BCUT2D eigenvalue weighted by Crippen LogP contribution is -2.03. The van der Waals surface area contributed by atoms with Gasteiger partial charge in [-0.2, -0.15) is 5.10 Å². The lowest BCUT2D eigenvalue weighted by atomic mass is 10.0. The molecule has 2 N–H and O–H groups in total. The van der Waals surface area contributed by atoms with E-state index in [1.165, 1.54) is 12.1 Å².